The van der Waals surface area contributed by atoms with Gasteiger partial charge in [-0.1, -0.05) is 64.2 Å². The summed E-state index contributed by atoms with van der Waals surface area (Å²) in [5, 5.41) is 11.3. The maximum Gasteiger partial charge on any atom is 0.286 e. The fraction of sp³-hybridized carbons (Fsp3) is 0.907. The summed E-state index contributed by atoms with van der Waals surface area (Å²) < 4.78 is 4.68. The molecular weight excluding hydrogens is 679 g/mol. The number of nitriles is 1. The Morgan fingerprint density at radius 1 is 0.556 bits per heavy atom. The predicted octanol–water partition coefficient (Wildman–Crippen LogP) is 5.25. The largest absolute Gasteiger partial charge is 0.427 e. The van der Waals surface area contributed by atoms with Crippen molar-refractivity contribution in [3.05, 3.63) is 0 Å². The zero-order chi connectivity index (χ0) is 37.5. The number of carbonyl (C=O) groups excluding carboxylic acids is 3. The van der Waals surface area contributed by atoms with Crippen LogP contribution >= 0.6 is 0 Å². The Bertz CT molecular complexity index is 1200. The molecule has 4 heterocycles. The van der Waals surface area contributed by atoms with Gasteiger partial charge in [0.1, 0.15) is 6.61 Å². The number of carbonyl (C=O) groups is 3. The van der Waals surface area contributed by atoms with Crippen LogP contribution in [0.4, 0.5) is 0 Å². The molecule has 0 radical (unpaired) electrons. The van der Waals surface area contributed by atoms with Crippen LogP contribution in [-0.4, -0.2) is 139 Å². The smallest absolute Gasteiger partial charge is 0.286 e. The van der Waals surface area contributed by atoms with E-state index in [0.717, 1.165) is 96.2 Å². The Labute approximate surface area is 326 Å². The van der Waals surface area contributed by atoms with E-state index < -0.39 is 0 Å². The highest BCUT2D eigenvalue weighted by molar-refractivity contribution is 5.84. The molecule has 11 heteroatoms. The van der Waals surface area contributed by atoms with E-state index in [1.54, 1.807) is 6.26 Å². The van der Waals surface area contributed by atoms with Crippen LogP contribution in [0.15, 0.2) is 0 Å². The van der Waals surface area contributed by atoms with Gasteiger partial charge in [-0.05, 0) is 69.6 Å². The summed E-state index contributed by atoms with van der Waals surface area (Å²) in [4.78, 5) is 48.7. The van der Waals surface area contributed by atoms with E-state index in [2.05, 4.69) is 29.7 Å². The average molecular weight is 752 g/mol. The second-order valence-corrected chi connectivity index (χ2v) is 17.9. The first-order valence-corrected chi connectivity index (χ1v) is 22.5. The van der Waals surface area contributed by atoms with E-state index in [1.165, 1.54) is 109 Å². The SMILES string of the molecule is N#COCC1CCCCC1.O=C(C1CNC1)N1CCCN(C2CCC2)CC1.O=C(CCC1CCCCC1)N1CC(C(=O)N2CCCN(C3CCC3)CC2)C1. The molecule has 0 aromatic rings. The maximum absolute atomic E-state index is 12.8. The summed E-state index contributed by atoms with van der Waals surface area (Å²) in [7, 11) is 0. The third kappa shape index (κ3) is 12.0. The maximum atomic E-state index is 12.8. The third-order valence-corrected chi connectivity index (χ3v) is 14.2. The summed E-state index contributed by atoms with van der Waals surface area (Å²) in [5.41, 5.74) is 0. The van der Waals surface area contributed by atoms with Gasteiger partial charge < -0.3 is 24.8 Å². The van der Waals surface area contributed by atoms with Gasteiger partial charge in [0.05, 0.1) is 11.8 Å². The Balaban J connectivity index is 0.000000156. The van der Waals surface area contributed by atoms with Crippen molar-refractivity contribution < 1.29 is 19.1 Å². The molecule has 0 spiro atoms. The number of amides is 3. The van der Waals surface area contributed by atoms with Gasteiger partial charge >= 0.3 is 0 Å². The fourth-order valence-electron chi connectivity index (χ4n) is 9.84. The van der Waals surface area contributed by atoms with Crippen LogP contribution in [-0.2, 0) is 19.1 Å². The lowest BCUT2D eigenvalue weighted by Gasteiger charge is -2.41. The molecule has 0 atom stereocenters. The van der Waals surface area contributed by atoms with Crippen molar-refractivity contribution >= 4 is 17.7 Å². The molecule has 11 nitrogen and oxygen atoms in total. The lowest BCUT2D eigenvalue weighted by molar-refractivity contribution is -0.148. The summed E-state index contributed by atoms with van der Waals surface area (Å²) in [6.45, 7) is 11.9. The van der Waals surface area contributed by atoms with E-state index in [9.17, 15) is 14.4 Å². The minimum atomic E-state index is 0.0545. The minimum absolute atomic E-state index is 0.0545. The van der Waals surface area contributed by atoms with Crippen LogP contribution in [0.1, 0.15) is 128 Å². The van der Waals surface area contributed by atoms with Crippen molar-refractivity contribution in [2.75, 3.05) is 85.1 Å². The molecule has 1 N–H and O–H groups in total. The fourth-order valence-corrected chi connectivity index (χ4v) is 9.84. The number of likely N-dealkylation sites (tertiary alicyclic amines) is 1. The Kier molecular flexibility index (Phi) is 16.6. The Hall–Kier alpha value is -2.42. The molecule has 0 bridgehead atoms. The normalized spacial score (nSPS) is 25.8. The molecule has 4 saturated heterocycles. The van der Waals surface area contributed by atoms with Gasteiger partial charge in [-0.3, -0.25) is 24.2 Å². The van der Waals surface area contributed by atoms with Gasteiger partial charge in [0.2, 0.25) is 17.7 Å². The predicted molar refractivity (Wildman–Crippen MR) is 211 cm³/mol. The van der Waals surface area contributed by atoms with E-state index in [0.29, 0.717) is 43.8 Å². The summed E-state index contributed by atoms with van der Waals surface area (Å²) in [5.74, 6) is 2.70. The molecule has 4 aliphatic carbocycles. The van der Waals surface area contributed by atoms with Crippen LogP contribution in [0, 0.1) is 35.2 Å². The first-order chi connectivity index (χ1) is 26.5. The Morgan fingerprint density at radius 3 is 1.54 bits per heavy atom. The van der Waals surface area contributed by atoms with Gasteiger partial charge in [0.25, 0.3) is 6.26 Å². The minimum Gasteiger partial charge on any atom is -0.427 e. The van der Waals surface area contributed by atoms with Crippen LogP contribution in [0.5, 0.6) is 0 Å². The first kappa shape index (κ1) is 41.2. The molecule has 54 heavy (non-hydrogen) atoms. The van der Waals surface area contributed by atoms with Crippen LogP contribution < -0.4 is 5.32 Å². The highest BCUT2D eigenvalue weighted by Gasteiger charge is 2.39. The number of hydrogen-bond acceptors (Lipinski definition) is 8. The molecule has 0 unspecified atom stereocenters. The zero-order valence-corrected chi connectivity index (χ0v) is 33.6. The number of nitrogens with zero attached hydrogens (tertiary/aromatic N) is 6. The summed E-state index contributed by atoms with van der Waals surface area (Å²) in [6, 6.07) is 1.61. The van der Waals surface area contributed by atoms with E-state index in [1.807, 2.05) is 4.90 Å². The van der Waals surface area contributed by atoms with Crippen molar-refractivity contribution in [1.29, 1.82) is 5.26 Å². The third-order valence-electron chi connectivity index (χ3n) is 14.2. The average Bonchev–Trinajstić information content (AvgIpc) is 3.50. The quantitative estimate of drug-likeness (QED) is 0.319. The van der Waals surface area contributed by atoms with Crippen molar-refractivity contribution in [2.45, 2.75) is 141 Å². The van der Waals surface area contributed by atoms with E-state index in [4.69, 9.17) is 5.26 Å². The molecule has 8 fully saturated rings. The lowest BCUT2D eigenvalue weighted by atomic mass is 9.86. The summed E-state index contributed by atoms with van der Waals surface area (Å²) >= 11 is 0. The molecule has 0 aromatic heterocycles. The van der Waals surface area contributed by atoms with Crippen LogP contribution in [0.2, 0.25) is 0 Å². The molecular formula is C43H73N7O4. The molecule has 4 aliphatic heterocycles. The van der Waals surface area contributed by atoms with Crippen molar-refractivity contribution in [3.8, 4) is 6.26 Å². The van der Waals surface area contributed by atoms with E-state index >= 15 is 0 Å². The molecule has 3 amide bonds. The Morgan fingerprint density at radius 2 is 1.07 bits per heavy atom. The zero-order valence-electron chi connectivity index (χ0n) is 33.6. The van der Waals surface area contributed by atoms with Crippen molar-refractivity contribution in [1.82, 2.24) is 29.8 Å². The number of rotatable bonds is 9. The molecule has 304 valence electrons. The van der Waals surface area contributed by atoms with Crippen LogP contribution in [0.25, 0.3) is 0 Å². The molecule has 8 rings (SSSR count). The number of nitrogens with one attached hydrogen (secondary N) is 1. The molecule has 4 saturated carbocycles. The second-order valence-electron chi connectivity index (χ2n) is 17.9. The molecule has 0 aromatic carbocycles. The summed E-state index contributed by atoms with van der Waals surface area (Å²) in [6.07, 6.45) is 27.1. The van der Waals surface area contributed by atoms with Gasteiger partial charge in [-0.2, -0.15) is 5.26 Å². The molecule has 8 aliphatic rings. The highest BCUT2D eigenvalue weighted by Crippen LogP contribution is 2.30. The van der Waals surface area contributed by atoms with Gasteiger partial charge in [-0.25, -0.2) is 0 Å². The second kappa shape index (κ2) is 21.8. The highest BCUT2D eigenvalue weighted by atomic mass is 16.5. The first-order valence-electron chi connectivity index (χ1n) is 22.5. The van der Waals surface area contributed by atoms with E-state index in [-0.39, 0.29) is 17.7 Å². The lowest BCUT2D eigenvalue weighted by Crippen LogP contribution is -2.56. The van der Waals surface area contributed by atoms with Gasteiger partial charge in [-0.15, -0.1) is 0 Å². The number of hydrogen-bond donors (Lipinski definition) is 1. The van der Waals surface area contributed by atoms with Crippen molar-refractivity contribution in [2.24, 2.45) is 23.7 Å². The topological polar surface area (TPSA) is 112 Å². The number of ether oxygens (including phenoxy) is 1. The van der Waals surface area contributed by atoms with Crippen molar-refractivity contribution in [3.63, 3.8) is 0 Å². The van der Waals surface area contributed by atoms with Gasteiger partial charge in [0.15, 0.2) is 0 Å². The van der Waals surface area contributed by atoms with Gasteiger partial charge in [0, 0.05) is 97.0 Å². The van der Waals surface area contributed by atoms with Crippen LogP contribution in [0.3, 0.4) is 0 Å². The standard InChI is InChI=1S/C22H37N3O2.C13H23N3O.C8H13NO/c26-21(11-10-18-6-2-1-3-7-18)25-16-19(17-25)22(27)24-13-5-12-23(14-15-24)20-8-4-9-20;17-13(11-9-14-10-11)16-6-2-5-15(7-8-16)12-3-1-4-12;9-7-10-6-8-4-2-1-3-5-8/h18-20H,1-17H2;11-12,14H,1-10H2;8H,1-6H2. The monoisotopic (exact) mass is 752 g/mol.